The van der Waals surface area contributed by atoms with Crippen LogP contribution in [-0.4, -0.2) is 18.5 Å². The van der Waals surface area contributed by atoms with Crippen molar-refractivity contribution in [3.05, 3.63) is 0 Å². The third-order valence-electron chi connectivity index (χ3n) is 2.60. The fraction of sp³-hybridized carbons (Fsp3) is 1.00. The molecule has 0 N–H and O–H groups in total. The van der Waals surface area contributed by atoms with Gasteiger partial charge < -0.3 is 4.74 Å². The molecule has 0 aromatic carbocycles. The predicted octanol–water partition coefficient (Wildman–Crippen LogP) is 2.83. The fourth-order valence-corrected chi connectivity index (χ4v) is 2.34. The summed E-state index contributed by atoms with van der Waals surface area (Å²) in [4.78, 5) is 0. The van der Waals surface area contributed by atoms with Gasteiger partial charge in [0.05, 0.1) is 6.61 Å². The summed E-state index contributed by atoms with van der Waals surface area (Å²) in [6.07, 6.45) is 2.47. The summed E-state index contributed by atoms with van der Waals surface area (Å²) in [5.74, 6) is 0.860. The lowest BCUT2D eigenvalue weighted by Gasteiger charge is -2.12. The van der Waals surface area contributed by atoms with Gasteiger partial charge in [0.1, 0.15) is 0 Å². The molecule has 2 unspecified atom stereocenters. The normalized spacial score (nSPS) is 35.7. The van der Waals surface area contributed by atoms with Crippen molar-refractivity contribution in [1.82, 2.24) is 0 Å². The molecule has 66 valence electrons. The molecule has 2 atom stereocenters. The van der Waals surface area contributed by atoms with Crippen LogP contribution in [0.4, 0.5) is 0 Å². The Bertz CT molecular complexity index is 123. The molecule has 0 saturated heterocycles. The van der Waals surface area contributed by atoms with Crippen molar-refractivity contribution in [2.24, 2.45) is 11.3 Å². The highest BCUT2D eigenvalue weighted by molar-refractivity contribution is 9.09. The van der Waals surface area contributed by atoms with Gasteiger partial charge in [0.15, 0.2) is 0 Å². The summed E-state index contributed by atoms with van der Waals surface area (Å²) in [7, 11) is 0. The van der Waals surface area contributed by atoms with Crippen molar-refractivity contribution in [3.63, 3.8) is 0 Å². The lowest BCUT2D eigenvalue weighted by Crippen LogP contribution is -2.14. The van der Waals surface area contributed by atoms with Gasteiger partial charge in [-0.25, -0.2) is 0 Å². The van der Waals surface area contributed by atoms with Gasteiger partial charge in [-0.3, -0.25) is 0 Å². The second-order valence-corrected chi connectivity index (χ2v) is 4.21. The molecule has 1 nitrogen and oxygen atoms in total. The van der Waals surface area contributed by atoms with Crippen LogP contribution in [0.15, 0.2) is 0 Å². The zero-order valence-electron chi connectivity index (χ0n) is 7.40. The van der Waals surface area contributed by atoms with E-state index in [0.29, 0.717) is 5.41 Å². The van der Waals surface area contributed by atoms with Gasteiger partial charge in [0.25, 0.3) is 0 Å². The van der Waals surface area contributed by atoms with E-state index in [0.717, 1.165) is 30.9 Å². The van der Waals surface area contributed by atoms with E-state index >= 15 is 0 Å². The molecule has 1 aliphatic carbocycles. The summed E-state index contributed by atoms with van der Waals surface area (Å²) in [5.41, 5.74) is 0.495. The maximum atomic E-state index is 5.54. The van der Waals surface area contributed by atoms with E-state index in [1.165, 1.54) is 6.42 Å². The molecule has 1 saturated carbocycles. The number of hydrogen-bond acceptors (Lipinski definition) is 1. The van der Waals surface area contributed by atoms with Crippen molar-refractivity contribution >= 4 is 15.9 Å². The van der Waals surface area contributed by atoms with Crippen molar-refractivity contribution in [3.8, 4) is 0 Å². The van der Waals surface area contributed by atoms with Gasteiger partial charge >= 0.3 is 0 Å². The molecule has 1 fully saturated rings. The first-order chi connectivity index (χ1) is 5.25. The molecule has 0 aromatic rings. The molecular formula is C9H17BrO. The van der Waals surface area contributed by atoms with Crippen LogP contribution in [0.2, 0.25) is 0 Å². The van der Waals surface area contributed by atoms with E-state index in [1.54, 1.807) is 0 Å². The molecule has 1 rings (SSSR count). The minimum Gasteiger partial charge on any atom is -0.381 e. The first-order valence-corrected chi connectivity index (χ1v) is 5.51. The number of rotatable bonds is 5. The van der Waals surface area contributed by atoms with Crippen LogP contribution in [0, 0.1) is 11.3 Å². The summed E-state index contributed by atoms with van der Waals surface area (Å²) < 4.78 is 5.54. The first kappa shape index (κ1) is 9.53. The molecular weight excluding hydrogens is 204 g/mol. The zero-order chi connectivity index (χ0) is 8.32. The largest absolute Gasteiger partial charge is 0.381 e. The van der Waals surface area contributed by atoms with Gasteiger partial charge in [-0.2, -0.15) is 0 Å². The second-order valence-electron chi connectivity index (χ2n) is 3.65. The summed E-state index contributed by atoms with van der Waals surface area (Å²) in [5, 5.41) is 1.10. The van der Waals surface area contributed by atoms with Gasteiger partial charge in [0, 0.05) is 17.4 Å². The maximum Gasteiger partial charge on any atom is 0.0533 e. The molecule has 0 heterocycles. The highest BCUT2D eigenvalue weighted by Crippen LogP contribution is 2.53. The third-order valence-corrected chi connectivity index (χ3v) is 3.72. The number of ether oxygens (including phenoxy) is 1. The van der Waals surface area contributed by atoms with Crippen LogP contribution in [0.25, 0.3) is 0 Å². The fourth-order valence-electron chi connectivity index (χ4n) is 1.40. The third kappa shape index (κ3) is 2.19. The van der Waals surface area contributed by atoms with E-state index in [1.807, 2.05) is 0 Å². The SMILES string of the molecule is CCCOCC1(CBr)CC1C. The van der Waals surface area contributed by atoms with Crippen molar-refractivity contribution in [1.29, 1.82) is 0 Å². The van der Waals surface area contributed by atoms with Gasteiger partial charge in [-0.15, -0.1) is 0 Å². The quantitative estimate of drug-likeness (QED) is 0.512. The highest BCUT2D eigenvalue weighted by atomic mass is 79.9. The maximum absolute atomic E-state index is 5.54. The lowest BCUT2D eigenvalue weighted by molar-refractivity contribution is 0.0942. The number of alkyl halides is 1. The Kier molecular flexibility index (Phi) is 3.38. The molecule has 0 bridgehead atoms. The smallest absolute Gasteiger partial charge is 0.0533 e. The minimum absolute atomic E-state index is 0.495. The van der Waals surface area contributed by atoms with E-state index in [-0.39, 0.29) is 0 Å². The Balaban J connectivity index is 2.14. The predicted molar refractivity (Wildman–Crippen MR) is 51.1 cm³/mol. The van der Waals surface area contributed by atoms with E-state index in [2.05, 4.69) is 29.8 Å². The molecule has 0 radical (unpaired) electrons. The Morgan fingerprint density at radius 2 is 2.27 bits per heavy atom. The monoisotopic (exact) mass is 220 g/mol. The molecule has 0 spiro atoms. The van der Waals surface area contributed by atoms with Gasteiger partial charge in [-0.1, -0.05) is 29.8 Å². The molecule has 0 aromatic heterocycles. The van der Waals surface area contributed by atoms with Crippen LogP contribution in [0.5, 0.6) is 0 Å². The molecule has 1 aliphatic rings. The zero-order valence-corrected chi connectivity index (χ0v) is 8.99. The minimum atomic E-state index is 0.495. The average Bonchev–Trinajstić information content (AvgIpc) is 2.64. The Labute approximate surface area is 77.6 Å². The highest BCUT2D eigenvalue weighted by Gasteiger charge is 2.50. The first-order valence-electron chi connectivity index (χ1n) is 4.39. The van der Waals surface area contributed by atoms with Crippen LogP contribution in [-0.2, 0) is 4.74 Å². The summed E-state index contributed by atoms with van der Waals surface area (Å²) in [6, 6.07) is 0. The van der Waals surface area contributed by atoms with Crippen molar-refractivity contribution < 1.29 is 4.74 Å². The Morgan fingerprint density at radius 1 is 1.64 bits per heavy atom. The van der Waals surface area contributed by atoms with Crippen LogP contribution in [0.3, 0.4) is 0 Å². The van der Waals surface area contributed by atoms with Crippen molar-refractivity contribution in [2.75, 3.05) is 18.5 Å². The Morgan fingerprint density at radius 3 is 2.64 bits per heavy atom. The second kappa shape index (κ2) is 3.90. The number of hydrogen-bond donors (Lipinski definition) is 0. The molecule has 0 amide bonds. The topological polar surface area (TPSA) is 9.23 Å². The van der Waals surface area contributed by atoms with E-state index in [4.69, 9.17) is 4.74 Å². The van der Waals surface area contributed by atoms with Crippen LogP contribution in [0.1, 0.15) is 26.7 Å². The van der Waals surface area contributed by atoms with Crippen LogP contribution >= 0.6 is 15.9 Å². The standard InChI is InChI=1S/C9H17BrO/c1-3-4-11-7-9(6-10)5-8(9)2/h8H,3-7H2,1-2H3. The number of halogens is 1. The van der Waals surface area contributed by atoms with Gasteiger partial charge in [0.2, 0.25) is 0 Å². The summed E-state index contributed by atoms with van der Waals surface area (Å²) >= 11 is 3.55. The average molecular weight is 221 g/mol. The lowest BCUT2D eigenvalue weighted by atomic mass is 10.1. The molecule has 2 heteroatoms. The van der Waals surface area contributed by atoms with Gasteiger partial charge in [-0.05, 0) is 18.8 Å². The molecule has 11 heavy (non-hydrogen) atoms. The Hall–Kier alpha value is 0.440. The van der Waals surface area contributed by atoms with Crippen LogP contribution < -0.4 is 0 Å². The van der Waals surface area contributed by atoms with E-state index in [9.17, 15) is 0 Å². The molecule has 0 aliphatic heterocycles. The van der Waals surface area contributed by atoms with Crippen molar-refractivity contribution in [2.45, 2.75) is 26.7 Å². The summed E-state index contributed by atoms with van der Waals surface area (Å²) in [6.45, 7) is 6.32. The van der Waals surface area contributed by atoms with E-state index < -0.39 is 0 Å².